The quantitative estimate of drug-likeness (QED) is 0.737. The van der Waals surface area contributed by atoms with Crippen molar-refractivity contribution in [1.82, 2.24) is 0 Å². The molecule has 0 saturated carbocycles. The molecule has 0 bridgehead atoms. The van der Waals surface area contributed by atoms with Gasteiger partial charge in [-0.05, 0) is 25.5 Å². The summed E-state index contributed by atoms with van der Waals surface area (Å²) in [4.78, 5) is 0. The van der Waals surface area contributed by atoms with Crippen molar-refractivity contribution in [2.24, 2.45) is 11.5 Å². The largest absolute Gasteiger partial charge is 0.330 e. The number of nitrogens with two attached hydrogens (primary N) is 2. The second kappa shape index (κ2) is 5.78. The van der Waals surface area contributed by atoms with Crippen LogP contribution >= 0.6 is 0 Å². The van der Waals surface area contributed by atoms with Gasteiger partial charge in [-0.15, -0.1) is 0 Å². The van der Waals surface area contributed by atoms with Crippen LogP contribution in [0.5, 0.6) is 0 Å². The van der Waals surface area contributed by atoms with Crippen molar-refractivity contribution in [1.29, 1.82) is 0 Å². The summed E-state index contributed by atoms with van der Waals surface area (Å²) in [5.74, 6) is -1.15. The lowest BCUT2D eigenvalue weighted by Gasteiger charge is -2.12. The Morgan fingerprint density at radius 2 is 1.93 bits per heavy atom. The minimum atomic E-state index is -0.578. The first-order valence-corrected chi connectivity index (χ1v) is 5.05. The summed E-state index contributed by atoms with van der Waals surface area (Å²) in [5, 5.41) is 0. The number of halogens is 2. The van der Waals surface area contributed by atoms with Gasteiger partial charge in [0.05, 0.1) is 0 Å². The number of hydrogen-bond donors (Lipinski definition) is 2. The van der Waals surface area contributed by atoms with Gasteiger partial charge in [0.2, 0.25) is 0 Å². The molecule has 0 fully saturated rings. The predicted octanol–water partition coefficient (Wildman–Crippen LogP) is 2.09. The van der Waals surface area contributed by atoms with Gasteiger partial charge in [0, 0.05) is 17.7 Å². The number of benzene rings is 1. The molecule has 0 aliphatic heterocycles. The Morgan fingerprint density at radius 3 is 2.53 bits per heavy atom. The molecule has 0 aromatic heterocycles. The zero-order chi connectivity index (χ0) is 11.3. The molecule has 0 aliphatic rings. The molecule has 2 nitrogen and oxygen atoms in total. The van der Waals surface area contributed by atoms with Gasteiger partial charge in [-0.2, -0.15) is 0 Å². The van der Waals surface area contributed by atoms with Crippen molar-refractivity contribution >= 4 is 0 Å². The van der Waals surface area contributed by atoms with Crippen molar-refractivity contribution in [2.75, 3.05) is 6.54 Å². The Morgan fingerprint density at radius 1 is 1.20 bits per heavy atom. The molecule has 1 aromatic rings. The summed E-state index contributed by atoms with van der Waals surface area (Å²) in [5.41, 5.74) is 11.5. The number of unbranched alkanes of at least 4 members (excludes halogenated alkanes) is 1. The molecule has 0 amide bonds. The van der Waals surface area contributed by atoms with E-state index in [9.17, 15) is 8.78 Å². The normalized spacial score (nSPS) is 12.8. The average molecular weight is 214 g/mol. The van der Waals surface area contributed by atoms with E-state index in [0.717, 1.165) is 18.9 Å². The maximum Gasteiger partial charge on any atom is 0.130 e. The first-order chi connectivity index (χ1) is 7.15. The zero-order valence-electron chi connectivity index (χ0n) is 8.55. The van der Waals surface area contributed by atoms with Gasteiger partial charge >= 0.3 is 0 Å². The molecule has 0 heterocycles. The summed E-state index contributed by atoms with van der Waals surface area (Å²) in [7, 11) is 0. The minimum Gasteiger partial charge on any atom is -0.330 e. The predicted molar refractivity (Wildman–Crippen MR) is 56.2 cm³/mol. The van der Waals surface area contributed by atoms with Crippen molar-refractivity contribution in [2.45, 2.75) is 25.3 Å². The Hall–Kier alpha value is -1.00. The third kappa shape index (κ3) is 3.57. The van der Waals surface area contributed by atoms with Crippen molar-refractivity contribution in [3.63, 3.8) is 0 Å². The molecule has 4 N–H and O–H groups in total. The van der Waals surface area contributed by atoms with E-state index in [0.29, 0.717) is 18.5 Å². The van der Waals surface area contributed by atoms with Gasteiger partial charge in [0.15, 0.2) is 0 Å². The molecule has 0 spiro atoms. The summed E-state index contributed by atoms with van der Waals surface area (Å²) in [6, 6.07) is 3.11. The van der Waals surface area contributed by atoms with Gasteiger partial charge in [-0.3, -0.25) is 0 Å². The van der Waals surface area contributed by atoms with E-state index in [4.69, 9.17) is 11.5 Å². The van der Waals surface area contributed by atoms with Gasteiger partial charge in [-0.25, -0.2) is 8.78 Å². The van der Waals surface area contributed by atoms with Crippen LogP contribution in [0.4, 0.5) is 8.78 Å². The van der Waals surface area contributed by atoms with E-state index in [2.05, 4.69) is 0 Å². The topological polar surface area (TPSA) is 52.0 Å². The number of hydrogen-bond acceptors (Lipinski definition) is 2. The highest BCUT2D eigenvalue weighted by atomic mass is 19.1. The highest BCUT2D eigenvalue weighted by molar-refractivity contribution is 5.21. The third-order valence-electron chi connectivity index (χ3n) is 2.33. The fourth-order valence-corrected chi connectivity index (χ4v) is 1.47. The zero-order valence-corrected chi connectivity index (χ0v) is 8.55. The smallest absolute Gasteiger partial charge is 0.130 e. The summed E-state index contributed by atoms with van der Waals surface area (Å²) in [6.07, 6.45) is 2.39. The fraction of sp³-hybridized carbons (Fsp3) is 0.455. The Balaban J connectivity index is 2.61. The molecule has 0 aliphatic carbocycles. The SMILES string of the molecule is NCCCC[C@@H](N)c1ccc(F)cc1F. The van der Waals surface area contributed by atoms with Crippen LogP contribution in [0.1, 0.15) is 30.9 Å². The molecule has 0 radical (unpaired) electrons. The molecule has 84 valence electrons. The summed E-state index contributed by atoms with van der Waals surface area (Å²) >= 11 is 0. The van der Waals surface area contributed by atoms with Crippen LogP contribution in [0.25, 0.3) is 0 Å². The Bertz CT molecular complexity index is 315. The van der Waals surface area contributed by atoms with E-state index in [1.807, 2.05) is 0 Å². The lowest BCUT2D eigenvalue weighted by atomic mass is 10.0. The molecule has 1 aromatic carbocycles. The van der Waals surface area contributed by atoms with Crippen LogP contribution in [-0.4, -0.2) is 6.54 Å². The standard InChI is InChI=1S/C11H16F2N2/c12-8-4-5-9(10(13)7-8)11(15)3-1-2-6-14/h4-5,7,11H,1-3,6,14-15H2/t11-/m1/s1. The van der Waals surface area contributed by atoms with Gasteiger partial charge in [-0.1, -0.05) is 12.5 Å². The maximum atomic E-state index is 13.3. The van der Waals surface area contributed by atoms with Crippen molar-refractivity contribution in [3.05, 3.63) is 35.4 Å². The molecule has 15 heavy (non-hydrogen) atoms. The first-order valence-electron chi connectivity index (χ1n) is 5.05. The molecular weight excluding hydrogens is 198 g/mol. The first kappa shape index (κ1) is 12.1. The van der Waals surface area contributed by atoms with Gasteiger partial charge in [0.25, 0.3) is 0 Å². The second-order valence-electron chi connectivity index (χ2n) is 3.56. The summed E-state index contributed by atoms with van der Waals surface area (Å²) < 4.78 is 25.9. The molecule has 4 heteroatoms. The fourth-order valence-electron chi connectivity index (χ4n) is 1.47. The van der Waals surface area contributed by atoms with Crippen LogP contribution < -0.4 is 11.5 Å². The highest BCUT2D eigenvalue weighted by Crippen LogP contribution is 2.20. The van der Waals surface area contributed by atoms with E-state index < -0.39 is 11.6 Å². The van der Waals surface area contributed by atoms with Crippen molar-refractivity contribution < 1.29 is 8.78 Å². The number of rotatable bonds is 5. The molecular formula is C11H16F2N2. The average Bonchev–Trinajstić information content (AvgIpc) is 2.17. The molecule has 1 atom stereocenters. The highest BCUT2D eigenvalue weighted by Gasteiger charge is 2.11. The lowest BCUT2D eigenvalue weighted by Crippen LogP contribution is -2.13. The van der Waals surface area contributed by atoms with Gasteiger partial charge in [0.1, 0.15) is 11.6 Å². The minimum absolute atomic E-state index is 0.369. The lowest BCUT2D eigenvalue weighted by molar-refractivity contribution is 0.530. The Kier molecular flexibility index (Phi) is 4.65. The van der Waals surface area contributed by atoms with Gasteiger partial charge < -0.3 is 11.5 Å². The van der Waals surface area contributed by atoms with Crippen LogP contribution in [0.2, 0.25) is 0 Å². The Labute approximate surface area is 88.3 Å². The van der Waals surface area contributed by atoms with E-state index >= 15 is 0 Å². The maximum absolute atomic E-state index is 13.3. The second-order valence-corrected chi connectivity index (χ2v) is 3.56. The third-order valence-corrected chi connectivity index (χ3v) is 2.33. The van der Waals surface area contributed by atoms with Crippen molar-refractivity contribution in [3.8, 4) is 0 Å². The van der Waals surface area contributed by atoms with E-state index in [1.54, 1.807) is 0 Å². The monoisotopic (exact) mass is 214 g/mol. The molecule has 1 rings (SSSR count). The van der Waals surface area contributed by atoms with E-state index in [-0.39, 0.29) is 6.04 Å². The van der Waals surface area contributed by atoms with E-state index in [1.165, 1.54) is 12.1 Å². The van der Waals surface area contributed by atoms with Crippen LogP contribution in [0, 0.1) is 11.6 Å². The molecule has 0 saturated heterocycles. The van der Waals surface area contributed by atoms with Crippen LogP contribution in [-0.2, 0) is 0 Å². The van der Waals surface area contributed by atoms with Crippen LogP contribution in [0.15, 0.2) is 18.2 Å². The molecule has 0 unspecified atom stereocenters. The summed E-state index contributed by atoms with van der Waals surface area (Å²) in [6.45, 7) is 0.610. The van der Waals surface area contributed by atoms with Crippen LogP contribution in [0.3, 0.4) is 0 Å².